The molecule has 1 unspecified atom stereocenters. The van der Waals surface area contributed by atoms with Crippen molar-refractivity contribution in [1.82, 2.24) is 0 Å². The molecule has 0 heterocycles. The van der Waals surface area contributed by atoms with Crippen LogP contribution in [0.3, 0.4) is 0 Å². The Balaban J connectivity index is 4.47. The number of allylic oxidation sites excluding steroid dienone is 24. The third kappa shape index (κ3) is 60.0. The second kappa shape index (κ2) is 61.8. The predicted octanol–water partition coefficient (Wildman–Crippen LogP) is 20.8. The first-order valence-corrected chi connectivity index (χ1v) is 30.3. The summed E-state index contributed by atoms with van der Waals surface area (Å²) in [6, 6.07) is 0. The molecule has 0 aromatic heterocycles. The van der Waals surface area contributed by atoms with Crippen LogP contribution in [0.15, 0.2) is 146 Å². The minimum atomic E-state index is -0.813. The van der Waals surface area contributed by atoms with Crippen molar-refractivity contribution in [3.8, 4) is 0 Å². The minimum absolute atomic E-state index is 0.108. The molecule has 0 saturated carbocycles. The largest absolute Gasteiger partial charge is 0.462 e. The summed E-state index contributed by atoms with van der Waals surface area (Å²) in [7, 11) is 0. The molecular formula is C69H110O6. The van der Waals surface area contributed by atoms with Crippen LogP contribution in [-0.2, 0) is 28.6 Å². The lowest BCUT2D eigenvalue weighted by atomic mass is 10.1. The van der Waals surface area contributed by atoms with Crippen LogP contribution >= 0.6 is 0 Å². The molecule has 75 heavy (non-hydrogen) atoms. The van der Waals surface area contributed by atoms with E-state index in [9.17, 15) is 14.4 Å². The van der Waals surface area contributed by atoms with Gasteiger partial charge in [0, 0.05) is 19.3 Å². The molecule has 0 bridgehead atoms. The van der Waals surface area contributed by atoms with Gasteiger partial charge in [0.2, 0.25) is 0 Å². The highest BCUT2D eigenvalue weighted by atomic mass is 16.6. The maximum Gasteiger partial charge on any atom is 0.306 e. The summed E-state index contributed by atoms with van der Waals surface area (Å²) in [5.41, 5.74) is 0. The summed E-state index contributed by atoms with van der Waals surface area (Å²) in [4.78, 5) is 38.2. The van der Waals surface area contributed by atoms with Crippen LogP contribution in [0.2, 0.25) is 0 Å². The van der Waals surface area contributed by atoms with Gasteiger partial charge in [-0.2, -0.15) is 0 Å². The zero-order valence-corrected chi connectivity index (χ0v) is 48.3. The second-order valence-electron chi connectivity index (χ2n) is 19.5. The quantitative estimate of drug-likeness (QED) is 0.0261. The molecule has 0 spiro atoms. The molecule has 0 aliphatic heterocycles. The molecule has 0 aliphatic rings. The van der Waals surface area contributed by atoms with Gasteiger partial charge in [0.05, 0.1) is 0 Å². The lowest BCUT2D eigenvalue weighted by Crippen LogP contribution is -2.30. The molecule has 6 heteroatoms. The Kier molecular flexibility index (Phi) is 58.0. The van der Waals surface area contributed by atoms with Gasteiger partial charge in [0.1, 0.15) is 13.2 Å². The lowest BCUT2D eigenvalue weighted by molar-refractivity contribution is -0.167. The molecular weight excluding hydrogens is 925 g/mol. The Labute approximate surface area is 461 Å². The highest BCUT2D eigenvalue weighted by Gasteiger charge is 2.19. The molecule has 0 fully saturated rings. The highest BCUT2D eigenvalue weighted by molar-refractivity contribution is 5.71. The van der Waals surface area contributed by atoms with Crippen LogP contribution < -0.4 is 0 Å². The van der Waals surface area contributed by atoms with Gasteiger partial charge in [-0.05, 0) is 141 Å². The Morgan fingerprint density at radius 2 is 0.520 bits per heavy atom. The SMILES string of the molecule is CC/C=C\C/C=C\C/C=C\C/C=C\C/C=C\C/C=C\CCCCCCCCC(=O)OCC(COC(=O)CCCC/C=C\C/C=C\C/C=C\C/C=C\CC)OC(=O)CCCCCCCCC/C=C\C/C=C\CCCCC. The van der Waals surface area contributed by atoms with E-state index < -0.39 is 6.10 Å². The van der Waals surface area contributed by atoms with E-state index in [0.29, 0.717) is 25.7 Å². The van der Waals surface area contributed by atoms with Crippen molar-refractivity contribution < 1.29 is 28.6 Å². The smallest absolute Gasteiger partial charge is 0.306 e. The first-order chi connectivity index (χ1) is 37.0. The number of hydrogen-bond acceptors (Lipinski definition) is 6. The lowest BCUT2D eigenvalue weighted by Gasteiger charge is -2.18. The van der Waals surface area contributed by atoms with Crippen molar-refractivity contribution in [2.75, 3.05) is 13.2 Å². The third-order valence-corrected chi connectivity index (χ3v) is 12.3. The van der Waals surface area contributed by atoms with Crippen LogP contribution in [0.4, 0.5) is 0 Å². The average Bonchev–Trinajstić information content (AvgIpc) is 3.41. The molecule has 422 valence electrons. The molecule has 0 saturated heterocycles. The summed E-state index contributed by atoms with van der Waals surface area (Å²) in [6.07, 6.45) is 88.4. The van der Waals surface area contributed by atoms with Gasteiger partial charge in [0.15, 0.2) is 6.10 Å². The number of unbranched alkanes of at least 4 members (excludes halogenated alkanes) is 18. The monoisotopic (exact) mass is 1030 g/mol. The Bertz CT molecular complexity index is 1660. The standard InChI is InChI=1S/C69H110O6/c1-4-7-10-13-16-19-22-25-28-30-31-32-33-34-35-36-37-39-41-44-47-50-53-56-59-62-68(71)74-65-66(64-73-67(70)61-58-55-52-49-46-43-40-27-24-21-18-15-12-9-6-3)75-69(72)63-60-57-54-51-48-45-42-38-29-26-23-20-17-14-11-8-5-2/h7,9-10,12,16-21,25-29,31-32,34-35,37,39-40,46,49,66H,4-6,8,11,13-15,22-24,30,33,36,38,41-45,47-48,50-65H2,1-3H3/b10-7-,12-9-,19-16-,20-17-,21-18-,28-25-,29-26-,32-31-,35-34-,39-37-,40-27-,49-46-. The van der Waals surface area contributed by atoms with Gasteiger partial charge < -0.3 is 14.2 Å². The van der Waals surface area contributed by atoms with Gasteiger partial charge in [0.25, 0.3) is 0 Å². The van der Waals surface area contributed by atoms with Gasteiger partial charge in [-0.15, -0.1) is 0 Å². The number of rotatable bonds is 53. The fourth-order valence-electron chi connectivity index (χ4n) is 7.82. The summed E-state index contributed by atoms with van der Waals surface area (Å²) in [6.45, 7) is 6.33. The Morgan fingerprint density at radius 1 is 0.280 bits per heavy atom. The van der Waals surface area contributed by atoms with E-state index in [0.717, 1.165) is 141 Å². The van der Waals surface area contributed by atoms with Gasteiger partial charge in [-0.1, -0.05) is 237 Å². The Morgan fingerprint density at radius 3 is 0.840 bits per heavy atom. The molecule has 0 aromatic carbocycles. The summed E-state index contributed by atoms with van der Waals surface area (Å²) >= 11 is 0. The zero-order chi connectivity index (χ0) is 54.3. The average molecular weight is 1040 g/mol. The predicted molar refractivity (Wildman–Crippen MR) is 325 cm³/mol. The Hall–Kier alpha value is -4.71. The molecule has 6 nitrogen and oxygen atoms in total. The molecule has 0 amide bonds. The van der Waals surface area contributed by atoms with Crippen molar-refractivity contribution in [3.63, 3.8) is 0 Å². The summed E-state index contributed by atoms with van der Waals surface area (Å²) in [5.74, 6) is -0.975. The van der Waals surface area contributed by atoms with Gasteiger partial charge in [-0.25, -0.2) is 0 Å². The van der Waals surface area contributed by atoms with Crippen LogP contribution in [0, 0.1) is 0 Å². The summed E-state index contributed by atoms with van der Waals surface area (Å²) < 4.78 is 16.8. The zero-order valence-electron chi connectivity index (χ0n) is 48.3. The fraction of sp³-hybridized carbons (Fsp3) is 0.609. The van der Waals surface area contributed by atoms with Crippen LogP contribution in [-0.4, -0.2) is 37.2 Å². The van der Waals surface area contributed by atoms with Crippen LogP contribution in [0.25, 0.3) is 0 Å². The number of carbonyl (C=O) groups excluding carboxylic acids is 3. The van der Waals surface area contributed by atoms with E-state index in [2.05, 4.69) is 167 Å². The van der Waals surface area contributed by atoms with E-state index in [1.807, 2.05) is 0 Å². The number of carbonyl (C=O) groups is 3. The van der Waals surface area contributed by atoms with Crippen LogP contribution in [0.1, 0.15) is 252 Å². The molecule has 0 rings (SSSR count). The third-order valence-electron chi connectivity index (χ3n) is 12.3. The van der Waals surface area contributed by atoms with E-state index in [1.54, 1.807) is 0 Å². The number of ether oxygens (including phenoxy) is 3. The highest BCUT2D eigenvalue weighted by Crippen LogP contribution is 2.14. The van der Waals surface area contributed by atoms with Gasteiger partial charge in [-0.3, -0.25) is 14.4 Å². The second-order valence-corrected chi connectivity index (χ2v) is 19.5. The minimum Gasteiger partial charge on any atom is -0.462 e. The number of esters is 3. The van der Waals surface area contributed by atoms with E-state index in [4.69, 9.17) is 14.2 Å². The van der Waals surface area contributed by atoms with Crippen LogP contribution in [0.5, 0.6) is 0 Å². The van der Waals surface area contributed by atoms with Crippen molar-refractivity contribution in [3.05, 3.63) is 146 Å². The molecule has 1 atom stereocenters. The van der Waals surface area contributed by atoms with Crippen molar-refractivity contribution >= 4 is 17.9 Å². The molecule has 0 aromatic rings. The normalized spacial score (nSPS) is 13.2. The first kappa shape index (κ1) is 70.3. The van der Waals surface area contributed by atoms with Crippen molar-refractivity contribution in [2.24, 2.45) is 0 Å². The maximum absolute atomic E-state index is 12.9. The maximum atomic E-state index is 12.9. The van der Waals surface area contributed by atoms with E-state index in [-0.39, 0.29) is 31.1 Å². The molecule has 0 radical (unpaired) electrons. The van der Waals surface area contributed by atoms with Crippen molar-refractivity contribution in [2.45, 2.75) is 258 Å². The first-order valence-electron chi connectivity index (χ1n) is 30.3. The van der Waals surface area contributed by atoms with E-state index in [1.165, 1.54) is 64.2 Å². The fourth-order valence-corrected chi connectivity index (χ4v) is 7.82. The van der Waals surface area contributed by atoms with Gasteiger partial charge >= 0.3 is 17.9 Å². The topological polar surface area (TPSA) is 78.9 Å². The number of hydrogen-bond donors (Lipinski definition) is 0. The molecule has 0 aliphatic carbocycles. The van der Waals surface area contributed by atoms with Crippen molar-refractivity contribution in [1.29, 1.82) is 0 Å². The molecule has 0 N–H and O–H groups in total. The summed E-state index contributed by atoms with van der Waals surface area (Å²) in [5, 5.41) is 0. The van der Waals surface area contributed by atoms with E-state index >= 15 is 0 Å².